The SMILES string of the molecule is CC(C)=CCCC(C)=CCCC(C)=CCCC(C)=CCCC(C)=CCCC(C)=CCc1cc(O)ccc1OS(=O)(=O)O. The van der Waals surface area contributed by atoms with E-state index in [2.05, 4.69) is 76.1 Å². The van der Waals surface area contributed by atoms with Crippen molar-refractivity contribution in [2.45, 2.75) is 119 Å². The Morgan fingerprint density at radius 1 is 0.643 bits per heavy atom. The van der Waals surface area contributed by atoms with Crippen molar-refractivity contribution < 1.29 is 22.3 Å². The Labute approximate surface area is 256 Å². The maximum Gasteiger partial charge on any atom is 0.446 e. The number of aromatic hydroxyl groups is 1. The molecule has 0 bridgehead atoms. The van der Waals surface area contributed by atoms with E-state index in [1.807, 2.05) is 13.0 Å². The highest BCUT2D eigenvalue weighted by Gasteiger charge is 2.12. The minimum atomic E-state index is -4.63. The van der Waals surface area contributed by atoms with Crippen molar-refractivity contribution in [1.29, 1.82) is 0 Å². The Balaban J connectivity index is 2.39. The van der Waals surface area contributed by atoms with Gasteiger partial charge in [0.05, 0.1) is 0 Å². The first kappa shape index (κ1) is 37.2. The number of hydrogen-bond acceptors (Lipinski definition) is 4. The van der Waals surface area contributed by atoms with Crippen LogP contribution in [0.5, 0.6) is 11.5 Å². The molecule has 0 amide bonds. The number of benzene rings is 1. The van der Waals surface area contributed by atoms with Crippen LogP contribution in [0, 0.1) is 0 Å². The smallest absolute Gasteiger partial charge is 0.446 e. The summed E-state index contributed by atoms with van der Waals surface area (Å²) in [4.78, 5) is 0. The lowest BCUT2D eigenvalue weighted by Gasteiger charge is -2.08. The second kappa shape index (κ2) is 20.1. The van der Waals surface area contributed by atoms with Gasteiger partial charge in [-0.3, -0.25) is 4.55 Å². The van der Waals surface area contributed by atoms with Crippen LogP contribution in [-0.4, -0.2) is 18.1 Å². The van der Waals surface area contributed by atoms with Gasteiger partial charge in [0.25, 0.3) is 0 Å². The van der Waals surface area contributed by atoms with Crippen molar-refractivity contribution in [3.8, 4) is 11.5 Å². The van der Waals surface area contributed by atoms with Gasteiger partial charge in [0.2, 0.25) is 0 Å². The van der Waals surface area contributed by atoms with Crippen molar-refractivity contribution in [2.24, 2.45) is 0 Å². The average molecular weight is 599 g/mol. The third-order valence-electron chi connectivity index (χ3n) is 7.13. The van der Waals surface area contributed by atoms with Gasteiger partial charge in [0, 0.05) is 5.56 Å². The molecule has 42 heavy (non-hydrogen) atoms. The monoisotopic (exact) mass is 598 g/mol. The molecule has 2 N–H and O–H groups in total. The van der Waals surface area contributed by atoms with Gasteiger partial charge in [0.1, 0.15) is 11.5 Å². The molecule has 0 radical (unpaired) electrons. The molecular formula is C36H54O5S. The normalized spacial score (nSPS) is 13.9. The number of hydrogen-bond donors (Lipinski definition) is 2. The van der Waals surface area contributed by atoms with E-state index in [1.54, 1.807) is 0 Å². The van der Waals surface area contributed by atoms with Gasteiger partial charge in [-0.05, 0) is 137 Å². The summed E-state index contributed by atoms with van der Waals surface area (Å²) in [7, 11) is -4.63. The van der Waals surface area contributed by atoms with Gasteiger partial charge in [-0.1, -0.05) is 69.9 Å². The highest BCUT2D eigenvalue weighted by Crippen LogP contribution is 2.26. The maximum atomic E-state index is 11.1. The summed E-state index contributed by atoms with van der Waals surface area (Å²) in [6.07, 6.45) is 24.8. The fourth-order valence-corrected chi connectivity index (χ4v) is 4.88. The van der Waals surface area contributed by atoms with Crippen molar-refractivity contribution in [1.82, 2.24) is 0 Å². The Kier molecular flexibility index (Phi) is 17.8. The van der Waals surface area contributed by atoms with Crippen molar-refractivity contribution >= 4 is 10.4 Å². The quantitative estimate of drug-likeness (QED) is 0.122. The first-order valence-electron chi connectivity index (χ1n) is 15.2. The standard InChI is InChI=1S/C36H54O5S/c1-28(2)13-8-14-29(3)15-9-16-30(4)17-10-18-31(5)19-11-20-32(6)21-12-22-33(7)23-24-34-27-35(37)25-26-36(34)41-42(38,39)40/h13,15,17,19,21,23,25-27,37H,8-12,14,16,18,20,22,24H2,1-7H3,(H,38,39,40). The molecule has 0 heterocycles. The molecule has 0 saturated heterocycles. The van der Waals surface area contributed by atoms with E-state index in [9.17, 15) is 13.5 Å². The van der Waals surface area contributed by atoms with Crippen LogP contribution in [0.4, 0.5) is 0 Å². The van der Waals surface area contributed by atoms with Gasteiger partial charge in [-0.2, -0.15) is 8.42 Å². The van der Waals surface area contributed by atoms with Gasteiger partial charge in [-0.15, -0.1) is 0 Å². The molecule has 0 saturated carbocycles. The number of allylic oxidation sites excluding steroid dienone is 12. The second-order valence-electron chi connectivity index (χ2n) is 11.7. The van der Waals surface area contributed by atoms with E-state index in [1.165, 1.54) is 46.1 Å². The largest absolute Gasteiger partial charge is 0.508 e. The Morgan fingerprint density at radius 3 is 1.40 bits per heavy atom. The van der Waals surface area contributed by atoms with E-state index in [0.717, 1.165) is 69.8 Å². The minimum absolute atomic E-state index is 0.00747. The molecule has 5 nitrogen and oxygen atoms in total. The van der Waals surface area contributed by atoms with Crippen LogP contribution in [0.1, 0.15) is 118 Å². The van der Waals surface area contributed by atoms with E-state index in [4.69, 9.17) is 4.55 Å². The van der Waals surface area contributed by atoms with Crippen LogP contribution in [0.15, 0.2) is 88.1 Å². The summed E-state index contributed by atoms with van der Waals surface area (Å²) < 4.78 is 35.8. The summed E-state index contributed by atoms with van der Waals surface area (Å²) in [6.45, 7) is 15.2. The van der Waals surface area contributed by atoms with Crippen molar-refractivity contribution in [3.05, 3.63) is 93.7 Å². The molecule has 0 aliphatic rings. The molecule has 0 fully saturated rings. The number of phenolic OH excluding ortho intramolecular Hbond substituents is 1. The zero-order valence-electron chi connectivity index (χ0n) is 27.0. The first-order valence-corrected chi connectivity index (χ1v) is 16.5. The van der Waals surface area contributed by atoms with E-state index >= 15 is 0 Å². The summed E-state index contributed by atoms with van der Waals surface area (Å²) in [5.41, 5.74) is 8.84. The van der Waals surface area contributed by atoms with Crippen LogP contribution in [0.3, 0.4) is 0 Å². The second-order valence-corrected chi connectivity index (χ2v) is 12.8. The molecule has 0 unspecified atom stereocenters. The van der Waals surface area contributed by atoms with Crippen molar-refractivity contribution in [2.75, 3.05) is 0 Å². The minimum Gasteiger partial charge on any atom is -0.508 e. The van der Waals surface area contributed by atoms with Gasteiger partial charge in [-0.25, -0.2) is 0 Å². The molecule has 0 atom stereocenters. The average Bonchev–Trinajstić information content (AvgIpc) is 2.88. The van der Waals surface area contributed by atoms with Crippen LogP contribution in [0.2, 0.25) is 0 Å². The molecule has 1 rings (SSSR count). The van der Waals surface area contributed by atoms with Gasteiger partial charge >= 0.3 is 10.4 Å². The maximum absolute atomic E-state index is 11.1. The molecule has 1 aromatic rings. The highest BCUT2D eigenvalue weighted by molar-refractivity contribution is 7.81. The zero-order chi connectivity index (χ0) is 31.5. The molecule has 6 heteroatoms. The molecule has 0 spiro atoms. The Bertz CT molecular complexity index is 1270. The lowest BCUT2D eigenvalue weighted by Crippen LogP contribution is -2.08. The predicted octanol–water partition coefficient (Wildman–Crippen LogP) is 10.7. The molecular weight excluding hydrogens is 544 g/mol. The highest BCUT2D eigenvalue weighted by atomic mass is 32.3. The Morgan fingerprint density at radius 2 is 1.02 bits per heavy atom. The molecule has 0 aliphatic heterocycles. The first-order chi connectivity index (χ1) is 19.7. The van der Waals surface area contributed by atoms with Crippen LogP contribution >= 0.6 is 0 Å². The summed E-state index contributed by atoms with van der Waals surface area (Å²) in [6, 6.07) is 4.09. The lowest BCUT2D eigenvalue weighted by atomic mass is 10.0. The van der Waals surface area contributed by atoms with Gasteiger partial charge in [0.15, 0.2) is 0 Å². The Hall–Kier alpha value is -2.83. The molecule has 234 valence electrons. The van der Waals surface area contributed by atoms with Crippen LogP contribution in [0.25, 0.3) is 0 Å². The third kappa shape index (κ3) is 19.3. The fraction of sp³-hybridized carbons (Fsp3) is 0.500. The zero-order valence-corrected chi connectivity index (χ0v) is 27.8. The van der Waals surface area contributed by atoms with Gasteiger partial charge < -0.3 is 9.29 Å². The van der Waals surface area contributed by atoms with Crippen LogP contribution < -0.4 is 4.18 Å². The van der Waals surface area contributed by atoms with Crippen molar-refractivity contribution in [3.63, 3.8) is 0 Å². The lowest BCUT2D eigenvalue weighted by molar-refractivity contribution is 0.384. The summed E-state index contributed by atoms with van der Waals surface area (Å²) in [5, 5.41) is 9.74. The summed E-state index contributed by atoms with van der Waals surface area (Å²) in [5.74, 6) is 0.0156. The van der Waals surface area contributed by atoms with E-state index in [0.29, 0.717) is 12.0 Å². The number of phenols is 1. The number of rotatable bonds is 19. The molecule has 0 aliphatic carbocycles. The topological polar surface area (TPSA) is 83.8 Å². The third-order valence-corrected chi connectivity index (χ3v) is 7.52. The van der Waals surface area contributed by atoms with E-state index < -0.39 is 10.4 Å². The summed E-state index contributed by atoms with van der Waals surface area (Å²) >= 11 is 0. The molecule has 1 aromatic carbocycles. The van der Waals surface area contributed by atoms with Crippen LogP contribution in [-0.2, 0) is 16.8 Å². The molecule has 0 aromatic heterocycles. The fourth-order valence-electron chi connectivity index (χ4n) is 4.49. The van der Waals surface area contributed by atoms with E-state index in [-0.39, 0.29) is 11.5 Å². The predicted molar refractivity (Wildman–Crippen MR) is 178 cm³/mol.